The Labute approximate surface area is 202 Å². The van der Waals surface area contributed by atoms with Crippen LogP contribution in [0.4, 0.5) is 0 Å². The monoisotopic (exact) mass is 467 g/mol. The number of hydrogen-bond donors (Lipinski definition) is 0. The molecule has 0 aliphatic heterocycles. The molecular weight excluding hydrogens is 442 g/mol. The molecule has 2 heterocycles. The summed E-state index contributed by atoms with van der Waals surface area (Å²) < 4.78 is 5.58. The highest BCUT2D eigenvalue weighted by Crippen LogP contribution is 2.36. The van der Waals surface area contributed by atoms with Gasteiger partial charge in [0.15, 0.2) is 12.4 Å². The lowest BCUT2D eigenvalue weighted by Crippen LogP contribution is -2.18. The largest absolute Gasteiger partial charge is 0.454 e. The highest BCUT2D eigenvalue weighted by Gasteiger charge is 2.26. The van der Waals surface area contributed by atoms with Crippen molar-refractivity contribution in [1.29, 1.82) is 0 Å². The van der Waals surface area contributed by atoms with E-state index in [9.17, 15) is 9.59 Å². The molecule has 0 saturated carbocycles. The maximum Gasteiger partial charge on any atom is 0.339 e. The number of fused-ring (bicyclic) bond motifs is 2. The van der Waals surface area contributed by atoms with E-state index >= 15 is 0 Å². The van der Waals surface area contributed by atoms with Gasteiger partial charge < -0.3 is 4.74 Å². The normalized spacial score (nSPS) is 14.2. The Morgan fingerprint density at radius 3 is 2.62 bits per heavy atom. The van der Waals surface area contributed by atoms with Gasteiger partial charge in [-0.3, -0.25) is 4.79 Å². The van der Waals surface area contributed by atoms with E-state index in [0.717, 1.165) is 59.0 Å². The van der Waals surface area contributed by atoms with Crippen LogP contribution in [0.15, 0.2) is 66.0 Å². The summed E-state index contributed by atoms with van der Waals surface area (Å²) in [4.78, 5) is 32.1. The van der Waals surface area contributed by atoms with Gasteiger partial charge in [0.2, 0.25) is 0 Å². The Bertz CT molecular complexity index is 1390. The van der Waals surface area contributed by atoms with Crippen LogP contribution in [-0.4, -0.2) is 23.3 Å². The molecule has 0 spiro atoms. The molecule has 4 aromatic rings. The topological polar surface area (TPSA) is 56.3 Å². The summed E-state index contributed by atoms with van der Waals surface area (Å²) in [6.45, 7) is 1.78. The van der Waals surface area contributed by atoms with Crippen molar-refractivity contribution in [1.82, 2.24) is 4.98 Å². The SMILES string of the molecule is CCc1ccc(C(=O)COC(=O)c2c3c(nc4ccccc24)C(=Cc2cccs2)CCC3)cc1. The van der Waals surface area contributed by atoms with Crippen molar-refractivity contribution < 1.29 is 14.3 Å². The summed E-state index contributed by atoms with van der Waals surface area (Å²) in [7, 11) is 0. The standard InChI is InChI=1S/C29H25NO3S/c1-2-19-12-14-20(15-13-19)26(31)18-33-29(32)27-23-9-3-4-11-25(23)30-28-21(7-5-10-24(27)28)17-22-8-6-16-34-22/h3-4,6,8-9,11-17H,2,5,7,10,18H2,1H3. The molecule has 0 unspecified atom stereocenters. The van der Waals surface area contributed by atoms with Crippen LogP contribution in [0.2, 0.25) is 0 Å². The molecule has 0 bridgehead atoms. The Morgan fingerprint density at radius 1 is 1.03 bits per heavy atom. The summed E-state index contributed by atoms with van der Waals surface area (Å²) in [6.07, 6.45) is 5.69. The molecule has 0 fully saturated rings. The third-order valence-corrected chi connectivity index (χ3v) is 7.07. The van der Waals surface area contributed by atoms with Crippen LogP contribution < -0.4 is 0 Å². The van der Waals surface area contributed by atoms with Crippen molar-refractivity contribution in [3.63, 3.8) is 0 Å². The molecule has 0 N–H and O–H groups in total. The van der Waals surface area contributed by atoms with E-state index in [1.807, 2.05) is 42.5 Å². The number of para-hydroxylation sites is 1. The smallest absolute Gasteiger partial charge is 0.339 e. The zero-order valence-electron chi connectivity index (χ0n) is 19.0. The van der Waals surface area contributed by atoms with E-state index in [1.165, 1.54) is 4.88 Å². The van der Waals surface area contributed by atoms with Crippen molar-refractivity contribution in [2.75, 3.05) is 6.61 Å². The van der Waals surface area contributed by atoms with Crippen molar-refractivity contribution in [2.24, 2.45) is 0 Å². The van der Waals surface area contributed by atoms with Gasteiger partial charge in [0, 0.05) is 15.8 Å². The lowest BCUT2D eigenvalue weighted by Gasteiger charge is -2.22. The number of aromatic nitrogens is 1. The number of carbonyl (C=O) groups is 2. The fourth-order valence-corrected chi connectivity index (χ4v) is 5.15. The lowest BCUT2D eigenvalue weighted by atomic mass is 9.86. The molecule has 1 aliphatic carbocycles. The molecule has 0 amide bonds. The van der Waals surface area contributed by atoms with Gasteiger partial charge in [-0.15, -0.1) is 11.3 Å². The number of nitrogens with zero attached hydrogens (tertiary/aromatic N) is 1. The van der Waals surface area contributed by atoms with Crippen molar-refractivity contribution in [3.05, 3.63) is 98.9 Å². The van der Waals surface area contributed by atoms with E-state index in [1.54, 1.807) is 23.5 Å². The molecule has 2 aromatic heterocycles. The maximum absolute atomic E-state index is 13.4. The third-order valence-electron chi connectivity index (χ3n) is 6.25. The fraction of sp³-hybridized carbons (Fsp3) is 0.207. The first-order chi connectivity index (χ1) is 16.6. The summed E-state index contributed by atoms with van der Waals surface area (Å²) in [5.41, 5.74) is 5.92. The van der Waals surface area contributed by atoms with E-state index < -0.39 is 5.97 Å². The number of ether oxygens (including phenoxy) is 1. The van der Waals surface area contributed by atoms with E-state index in [2.05, 4.69) is 24.4 Å². The third kappa shape index (κ3) is 4.44. The Morgan fingerprint density at radius 2 is 1.85 bits per heavy atom. The minimum Gasteiger partial charge on any atom is -0.454 e. The lowest BCUT2D eigenvalue weighted by molar-refractivity contribution is 0.0475. The molecule has 1 aliphatic rings. The number of benzene rings is 2. The number of rotatable bonds is 6. The summed E-state index contributed by atoms with van der Waals surface area (Å²) in [5.74, 6) is -0.674. The number of thiophene rings is 1. The van der Waals surface area contributed by atoms with Gasteiger partial charge in [-0.05, 0) is 66.0 Å². The van der Waals surface area contributed by atoms with Gasteiger partial charge in [-0.25, -0.2) is 9.78 Å². The van der Waals surface area contributed by atoms with Crippen molar-refractivity contribution in [2.45, 2.75) is 32.6 Å². The average molecular weight is 468 g/mol. The second-order valence-electron chi connectivity index (χ2n) is 8.42. The summed E-state index contributed by atoms with van der Waals surface area (Å²) in [5, 5.41) is 2.82. The summed E-state index contributed by atoms with van der Waals surface area (Å²) in [6, 6.07) is 19.2. The number of ketones is 1. The number of pyridine rings is 1. The zero-order chi connectivity index (χ0) is 23.5. The predicted octanol–water partition coefficient (Wildman–Crippen LogP) is 6.78. The van der Waals surface area contributed by atoms with Crippen LogP contribution in [0.3, 0.4) is 0 Å². The predicted molar refractivity (Wildman–Crippen MR) is 137 cm³/mol. The molecule has 5 heteroatoms. The average Bonchev–Trinajstić information content (AvgIpc) is 3.39. The van der Waals surface area contributed by atoms with Crippen molar-refractivity contribution in [3.8, 4) is 0 Å². The van der Waals surface area contributed by atoms with Crippen LogP contribution in [0.5, 0.6) is 0 Å². The Hall–Kier alpha value is -3.57. The number of aryl methyl sites for hydroxylation is 1. The number of Topliss-reactive ketones (excluding diaryl/α,β-unsaturated/α-hetero) is 1. The number of hydrogen-bond acceptors (Lipinski definition) is 5. The molecular formula is C29H25NO3S. The van der Waals surface area contributed by atoms with Gasteiger partial charge >= 0.3 is 5.97 Å². The maximum atomic E-state index is 13.4. The molecule has 0 atom stereocenters. The van der Waals surface area contributed by atoms with Gasteiger partial charge in [-0.2, -0.15) is 0 Å². The number of allylic oxidation sites excluding steroid dienone is 1. The highest BCUT2D eigenvalue weighted by molar-refractivity contribution is 7.10. The molecule has 4 nitrogen and oxygen atoms in total. The molecule has 0 saturated heterocycles. The van der Waals surface area contributed by atoms with Crippen LogP contribution >= 0.6 is 11.3 Å². The van der Waals surface area contributed by atoms with Gasteiger partial charge in [0.25, 0.3) is 0 Å². The van der Waals surface area contributed by atoms with Crippen LogP contribution in [0, 0.1) is 0 Å². The minimum absolute atomic E-state index is 0.207. The molecule has 170 valence electrons. The first-order valence-corrected chi connectivity index (χ1v) is 12.5. The molecule has 5 rings (SSSR count). The first kappa shape index (κ1) is 22.2. The van der Waals surface area contributed by atoms with E-state index in [4.69, 9.17) is 9.72 Å². The van der Waals surface area contributed by atoms with Crippen LogP contribution in [0.25, 0.3) is 22.6 Å². The van der Waals surface area contributed by atoms with E-state index in [-0.39, 0.29) is 12.4 Å². The Balaban J connectivity index is 1.48. The van der Waals surface area contributed by atoms with Crippen LogP contribution in [-0.2, 0) is 17.6 Å². The molecule has 34 heavy (non-hydrogen) atoms. The number of carbonyl (C=O) groups excluding carboxylic acids is 2. The quantitative estimate of drug-likeness (QED) is 0.232. The second kappa shape index (κ2) is 9.74. The van der Waals surface area contributed by atoms with Gasteiger partial charge in [-0.1, -0.05) is 55.5 Å². The first-order valence-electron chi connectivity index (χ1n) is 11.6. The van der Waals surface area contributed by atoms with Gasteiger partial charge in [0.05, 0.1) is 16.8 Å². The Kier molecular flexibility index (Phi) is 6.37. The van der Waals surface area contributed by atoms with Gasteiger partial charge in [0.1, 0.15) is 0 Å². The molecule has 2 aromatic carbocycles. The number of esters is 1. The minimum atomic E-state index is -0.467. The second-order valence-corrected chi connectivity index (χ2v) is 9.40. The van der Waals surface area contributed by atoms with Crippen molar-refractivity contribution >= 4 is 45.6 Å². The van der Waals surface area contributed by atoms with E-state index in [0.29, 0.717) is 11.1 Å². The van der Waals surface area contributed by atoms with Crippen LogP contribution in [0.1, 0.15) is 62.2 Å². The summed E-state index contributed by atoms with van der Waals surface area (Å²) >= 11 is 1.68. The fourth-order valence-electron chi connectivity index (χ4n) is 4.47. The highest BCUT2D eigenvalue weighted by atomic mass is 32.1. The molecule has 0 radical (unpaired) electrons. The zero-order valence-corrected chi connectivity index (χ0v) is 19.9.